The first-order valence-corrected chi connectivity index (χ1v) is 5.61. The average Bonchev–Trinajstić information content (AvgIpc) is 2.60. The van der Waals surface area contributed by atoms with E-state index in [0.717, 1.165) is 11.3 Å². The van der Waals surface area contributed by atoms with Crippen molar-refractivity contribution < 1.29 is 4.74 Å². The van der Waals surface area contributed by atoms with Crippen molar-refractivity contribution in [2.75, 3.05) is 7.11 Å². The lowest BCUT2D eigenvalue weighted by molar-refractivity contribution is 0.414. The van der Waals surface area contributed by atoms with E-state index in [4.69, 9.17) is 22.1 Å². The number of ether oxygens (including phenoxy) is 1. The Morgan fingerprint density at radius 1 is 1.38 bits per heavy atom. The molecule has 1 aromatic carbocycles. The van der Waals surface area contributed by atoms with Crippen LogP contribution >= 0.6 is 11.6 Å². The zero-order chi connectivity index (χ0) is 11.7. The standard InChI is InChI=1S/C11H16ClN3O/c1-6-10(13)11(15-14-6)8-4-3-7(16-2)5-9(8)12/h3-6,10-11,14-15H,13H2,1-2H3. The first-order chi connectivity index (χ1) is 7.63. The highest BCUT2D eigenvalue weighted by atomic mass is 35.5. The van der Waals surface area contributed by atoms with E-state index >= 15 is 0 Å². The highest BCUT2D eigenvalue weighted by molar-refractivity contribution is 6.31. The molecule has 1 aliphatic heterocycles. The fraction of sp³-hybridized carbons (Fsp3) is 0.455. The Labute approximate surface area is 100 Å². The molecule has 1 aliphatic rings. The maximum Gasteiger partial charge on any atom is 0.120 e. The number of benzene rings is 1. The van der Waals surface area contributed by atoms with Gasteiger partial charge < -0.3 is 10.5 Å². The van der Waals surface area contributed by atoms with Gasteiger partial charge in [-0.3, -0.25) is 5.43 Å². The van der Waals surface area contributed by atoms with Crippen LogP contribution in [0.4, 0.5) is 0 Å². The van der Waals surface area contributed by atoms with Crippen molar-refractivity contribution in [1.29, 1.82) is 0 Å². The zero-order valence-corrected chi connectivity index (χ0v) is 10.1. The van der Waals surface area contributed by atoms with Gasteiger partial charge in [-0.25, -0.2) is 5.43 Å². The summed E-state index contributed by atoms with van der Waals surface area (Å²) in [7, 11) is 1.62. The minimum Gasteiger partial charge on any atom is -0.497 e. The Morgan fingerprint density at radius 2 is 2.12 bits per heavy atom. The number of nitrogens with two attached hydrogens (primary N) is 1. The Kier molecular flexibility index (Phi) is 3.35. The van der Waals surface area contributed by atoms with E-state index in [1.54, 1.807) is 13.2 Å². The number of hydrazine groups is 1. The third-order valence-corrected chi connectivity index (χ3v) is 3.30. The van der Waals surface area contributed by atoms with E-state index in [-0.39, 0.29) is 18.1 Å². The monoisotopic (exact) mass is 241 g/mol. The fourth-order valence-electron chi connectivity index (χ4n) is 1.87. The maximum absolute atomic E-state index is 6.20. The number of nitrogens with one attached hydrogen (secondary N) is 2. The molecule has 0 aromatic heterocycles. The van der Waals surface area contributed by atoms with Crippen molar-refractivity contribution in [2.24, 2.45) is 5.73 Å². The third-order valence-electron chi connectivity index (χ3n) is 2.97. The summed E-state index contributed by atoms with van der Waals surface area (Å²) in [6.07, 6.45) is 0. The van der Waals surface area contributed by atoms with Gasteiger partial charge in [-0.1, -0.05) is 17.7 Å². The van der Waals surface area contributed by atoms with Gasteiger partial charge in [-0.15, -0.1) is 0 Å². The van der Waals surface area contributed by atoms with Gasteiger partial charge in [0.05, 0.1) is 13.2 Å². The van der Waals surface area contributed by atoms with E-state index in [1.165, 1.54) is 0 Å². The lowest BCUT2D eigenvalue weighted by Crippen LogP contribution is -2.35. The molecular weight excluding hydrogens is 226 g/mol. The van der Waals surface area contributed by atoms with E-state index in [2.05, 4.69) is 10.9 Å². The molecule has 1 aromatic rings. The molecule has 1 heterocycles. The van der Waals surface area contributed by atoms with Gasteiger partial charge in [0.25, 0.3) is 0 Å². The average molecular weight is 242 g/mol. The van der Waals surface area contributed by atoms with Crippen molar-refractivity contribution in [1.82, 2.24) is 10.9 Å². The van der Waals surface area contributed by atoms with Crippen LogP contribution in [0.1, 0.15) is 18.5 Å². The summed E-state index contributed by atoms with van der Waals surface area (Å²) in [6, 6.07) is 5.90. The second-order valence-corrected chi connectivity index (χ2v) is 4.43. The fourth-order valence-corrected chi connectivity index (χ4v) is 2.16. The highest BCUT2D eigenvalue weighted by Crippen LogP contribution is 2.30. The molecule has 5 heteroatoms. The number of halogens is 1. The summed E-state index contributed by atoms with van der Waals surface area (Å²) in [5.74, 6) is 0.751. The number of methoxy groups -OCH3 is 1. The molecule has 4 nitrogen and oxygen atoms in total. The lowest BCUT2D eigenvalue weighted by Gasteiger charge is -2.18. The molecule has 1 saturated heterocycles. The molecule has 2 rings (SSSR count). The molecule has 0 aliphatic carbocycles. The van der Waals surface area contributed by atoms with Crippen molar-refractivity contribution in [2.45, 2.75) is 25.0 Å². The molecule has 16 heavy (non-hydrogen) atoms. The van der Waals surface area contributed by atoms with Crippen LogP contribution < -0.4 is 21.3 Å². The molecule has 3 unspecified atom stereocenters. The van der Waals surface area contributed by atoms with Gasteiger partial charge in [-0.05, 0) is 24.6 Å². The van der Waals surface area contributed by atoms with Gasteiger partial charge in [0.1, 0.15) is 5.75 Å². The van der Waals surface area contributed by atoms with Crippen LogP contribution in [-0.4, -0.2) is 19.2 Å². The van der Waals surface area contributed by atoms with Crippen molar-refractivity contribution in [3.05, 3.63) is 28.8 Å². The SMILES string of the molecule is COc1ccc(C2NNC(C)C2N)c(Cl)c1. The van der Waals surface area contributed by atoms with Crippen molar-refractivity contribution >= 4 is 11.6 Å². The molecule has 0 bridgehead atoms. The summed E-state index contributed by atoms with van der Waals surface area (Å²) in [5, 5.41) is 0.670. The van der Waals surface area contributed by atoms with Gasteiger partial charge in [0, 0.05) is 17.1 Å². The molecule has 0 spiro atoms. The number of hydrogen-bond acceptors (Lipinski definition) is 4. The van der Waals surface area contributed by atoms with Gasteiger partial charge in [-0.2, -0.15) is 0 Å². The highest BCUT2D eigenvalue weighted by Gasteiger charge is 2.32. The van der Waals surface area contributed by atoms with Crippen LogP contribution in [0, 0.1) is 0 Å². The molecule has 0 saturated carbocycles. The first-order valence-electron chi connectivity index (χ1n) is 5.23. The number of hydrogen-bond donors (Lipinski definition) is 3. The summed E-state index contributed by atoms with van der Waals surface area (Å²) in [5.41, 5.74) is 13.3. The summed E-state index contributed by atoms with van der Waals surface area (Å²) >= 11 is 6.20. The molecule has 4 N–H and O–H groups in total. The number of rotatable bonds is 2. The molecular formula is C11H16ClN3O. The molecule has 0 amide bonds. The Balaban J connectivity index is 2.27. The topological polar surface area (TPSA) is 59.3 Å². The zero-order valence-electron chi connectivity index (χ0n) is 9.33. The summed E-state index contributed by atoms with van der Waals surface area (Å²) in [6.45, 7) is 2.04. The second kappa shape index (κ2) is 4.59. The Morgan fingerprint density at radius 3 is 2.62 bits per heavy atom. The normalized spacial score (nSPS) is 29.4. The predicted molar refractivity (Wildman–Crippen MR) is 64.5 cm³/mol. The maximum atomic E-state index is 6.20. The van der Waals surface area contributed by atoms with Crippen molar-refractivity contribution in [3.8, 4) is 5.75 Å². The Bertz CT molecular complexity index is 385. The predicted octanol–water partition coefficient (Wildman–Crippen LogP) is 1.21. The van der Waals surface area contributed by atoms with Crippen LogP contribution in [0.2, 0.25) is 5.02 Å². The van der Waals surface area contributed by atoms with Crippen LogP contribution in [0.5, 0.6) is 5.75 Å². The lowest BCUT2D eigenvalue weighted by atomic mass is 9.98. The van der Waals surface area contributed by atoms with Gasteiger partial charge in [0.15, 0.2) is 0 Å². The van der Waals surface area contributed by atoms with Crippen LogP contribution in [0.25, 0.3) is 0 Å². The van der Waals surface area contributed by atoms with Crippen LogP contribution in [0.15, 0.2) is 18.2 Å². The molecule has 1 fully saturated rings. The molecule has 3 atom stereocenters. The van der Waals surface area contributed by atoms with E-state index in [0.29, 0.717) is 5.02 Å². The largest absolute Gasteiger partial charge is 0.497 e. The Hall–Kier alpha value is -0.810. The summed E-state index contributed by atoms with van der Waals surface area (Å²) in [4.78, 5) is 0. The summed E-state index contributed by atoms with van der Waals surface area (Å²) < 4.78 is 5.11. The van der Waals surface area contributed by atoms with Gasteiger partial charge >= 0.3 is 0 Å². The second-order valence-electron chi connectivity index (χ2n) is 4.02. The van der Waals surface area contributed by atoms with E-state index in [9.17, 15) is 0 Å². The van der Waals surface area contributed by atoms with E-state index in [1.807, 2.05) is 19.1 Å². The van der Waals surface area contributed by atoms with Gasteiger partial charge in [0.2, 0.25) is 0 Å². The first kappa shape index (κ1) is 11.7. The smallest absolute Gasteiger partial charge is 0.120 e. The van der Waals surface area contributed by atoms with E-state index < -0.39 is 0 Å². The minimum atomic E-state index is 0.00546. The quantitative estimate of drug-likeness (QED) is 0.729. The minimum absolute atomic E-state index is 0.00546. The molecule has 88 valence electrons. The third kappa shape index (κ3) is 2.01. The van der Waals surface area contributed by atoms with Crippen molar-refractivity contribution in [3.63, 3.8) is 0 Å². The van der Waals surface area contributed by atoms with Crippen LogP contribution in [-0.2, 0) is 0 Å². The van der Waals surface area contributed by atoms with Crippen LogP contribution in [0.3, 0.4) is 0 Å². The molecule has 0 radical (unpaired) electrons.